The van der Waals surface area contributed by atoms with Crippen LogP contribution in [0.4, 0.5) is 4.39 Å². The predicted octanol–water partition coefficient (Wildman–Crippen LogP) is 3.95. The fourth-order valence-electron chi connectivity index (χ4n) is 3.18. The van der Waals surface area contributed by atoms with Crippen LogP contribution in [-0.2, 0) is 14.3 Å². The lowest BCUT2D eigenvalue weighted by molar-refractivity contribution is -0.151. The number of carbonyl (C=O) groups is 3. The van der Waals surface area contributed by atoms with Gasteiger partial charge in [0.2, 0.25) is 5.75 Å². The quantitative estimate of drug-likeness (QED) is 0.549. The summed E-state index contributed by atoms with van der Waals surface area (Å²) in [6.07, 6.45) is 0.798. The molecule has 0 radical (unpaired) electrons. The maximum absolute atomic E-state index is 13.4. The molecule has 0 saturated carbocycles. The molecule has 0 unspecified atom stereocenters. The minimum absolute atomic E-state index is 0.129. The Morgan fingerprint density at radius 2 is 1.71 bits per heavy atom. The number of esters is 2. The van der Waals surface area contributed by atoms with Gasteiger partial charge in [0.15, 0.2) is 11.4 Å². The minimum atomic E-state index is -1.02. The fourth-order valence-corrected chi connectivity index (χ4v) is 3.18. The Morgan fingerprint density at radius 3 is 2.29 bits per heavy atom. The summed E-state index contributed by atoms with van der Waals surface area (Å²) in [4.78, 5) is 41.6. The van der Waals surface area contributed by atoms with Crippen LogP contribution in [0.5, 0.6) is 11.5 Å². The van der Waals surface area contributed by atoms with E-state index in [1.807, 2.05) is 6.92 Å². The van der Waals surface area contributed by atoms with E-state index in [1.54, 1.807) is 33.8 Å². The molecule has 0 aliphatic carbocycles. The average Bonchev–Trinajstić information content (AvgIpc) is 2.78. The van der Waals surface area contributed by atoms with Crippen LogP contribution in [0.1, 0.15) is 62.2 Å². The molecule has 34 heavy (non-hydrogen) atoms. The zero-order chi connectivity index (χ0) is 25.6. The number of ether oxygens (including phenoxy) is 3. The number of carbonyl (C=O) groups excluding carboxylic acids is 3. The zero-order valence-electron chi connectivity index (χ0n) is 20.5. The molecule has 1 amide bonds. The summed E-state index contributed by atoms with van der Waals surface area (Å²) in [5, 5.41) is 2.52. The number of rotatable bonds is 9. The van der Waals surface area contributed by atoms with E-state index < -0.39 is 35.9 Å². The van der Waals surface area contributed by atoms with Gasteiger partial charge in [0.25, 0.3) is 5.91 Å². The Bertz CT molecular complexity index is 1060. The number of pyridine rings is 1. The minimum Gasteiger partial charge on any atom is -0.493 e. The molecule has 1 N–H and O–H groups in total. The number of halogens is 1. The molecule has 0 saturated heterocycles. The van der Waals surface area contributed by atoms with Crippen molar-refractivity contribution in [3.05, 3.63) is 53.1 Å². The van der Waals surface area contributed by atoms with Gasteiger partial charge in [-0.1, -0.05) is 26.8 Å². The molecule has 8 nitrogen and oxygen atoms in total. The molecule has 0 spiro atoms. The first-order valence-electron chi connectivity index (χ1n) is 11.0. The Morgan fingerprint density at radius 1 is 1.03 bits per heavy atom. The zero-order valence-corrected chi connectivity index (χ0v) is 20.5. The van der Waals surface area contributed by atoms with Gasteiger partial charge in [0, 0.05) is 18.2 Å². The largest absolute Gasteiger partial charge is 0.493 e. The lowest BCUT2D eigenvalue weighted by Gasteiger charge is -2.24. The van der Waals surface area contributed by atoms with Crippen LogP contribution in [0.2, 0.25) is 0 Å². The Kier molecular flexibility index (Phi) is 9.11. The lowest BCUT2D eigenvalue weighted by Crippen LogP contribution is -2.41. The third kappa shape index (κ3) is 6.52. The molecule has 2 aromatic rings. The Balaban J connectivity index is 2.11. The first-order valence-corrected chi connectivity index (χ1v) is 11.0. The molecule has 0 fully saturated rings. The van der Waals surface area contributed by atoms with E-state index in [9.17, 15) is 18.8 Å². The van der Waals surface area contributed by atoms with Gasteiger partial charge in [-0.05, 0) is 44.0 Å². The van der Waals surface area contributed by atoms with E-state index in [1.165, 1.54) is 38.4 Å². The third-order valence-corrected chi connectivity index (χ3v) is 5.41. The van der Waals surface area contributed by atoms with Gasteiger partial charge in [-0.25, -0.2) is 14.2 Å². The highest BCUT2D eigenvalue weighted by Gasteiger charge is 2.28. The van der Waals surface area contributed by atoms with E-state index in [0.29, 0.717) is 0 Å². The molecule has 184 valence electrons. The summed E-state index contributed by atoms with van der Waals surface area (Å²) >= 11 is 0. The van der Waals surface area contributed by atoms with E-state index in [-0.39, 0.29) is 28.9 Å². The predicted molar refractivity (Wildman–Crippen MR) is 123 cm³/mol. The van der Waals surface area contributed by atoms with Crippen molar-refractivity contribution in [1.82, 2.24) is 10.3 Å². The molecule has 2 rings (SSSR count). The molecular weight excluding hydrogens is 443 g/mol. The maximum atomic E-state index is 13.4. The SMILES string of the molecule is COc1ccnc(C(=O)N[C@H](C)C(=O)O[C@H](C)[C@H](C)c2ccc(F)cc2C)c1OC(=O)C(C)C. The average molecular weight is 475 g/mol. The van der Waals surface area contributed by atoms with Gasteiger partial charge in [-0.15, -0.1) is 0 Å². The summed E-state index contributed by atoms with van der Waals surface area (Å²) in [5.74, 6) is -2.90. The van der Waals surface area contributed by atoms with Crippen LogP contribution in [0.25, 0.3) is 0 Å². The van der Waals surface area contributed by atoms with E-state index in [4.69, 9.17) is 14.2 Å². The van der Waals surface area contributed by atoms with Crippen molar-refractivity contribution in [2.24, 2.45) is 5.92 Å². The van der Waals surface area contributed by atoms with Crippen LogP contribution in [-0.4, -0.2) is 42.1 Å². The molecule has 1 aromatic carbocycles. The molecule has 0 bridgehead atoms. The van der Waals surface area contributed by atoms with Crippen molar-refractivity contribution in [2.45, 2.75) is 59.6 Å². The summed E-state index contributed by atoms with van der Waals surface area (Å²) in [6.45, 7) is 10.2. The summed E-state index contributed by atoms with van der Waals surface area (Å²) in [7, 11) is 1.37. The standard InChI is InChI=1S/C25H31FN2O6/c1-13(2)24(30)34-22-20(32-7)10-11-27-21(22)23(29)28-16(5)25(31)33-17(6)15(4)19-9-8-18(26)12-14(19)3/h8-13,15-17H,1-7H3,(H,28,29)/t15-,16+,17+/m0/s1. The molecule has 3 atom stereocenters. The third-order valence-electron chi connectivity index (χ3n) is 5.41. The number of hydrogen-bond donors (Lipinski definition) is 1. The van der Waals surface area contributed by atoms with Gasteiger partial charge < -0.3 is 19.5 Å². The topological polar surface area (TPSA) is 104 Å². The van der Waals surface area contributed by atoms with Gasteiger partial charge in [-0.3, -0.25) is 9.59 Å². The highest BCUT2D eigenvalue weighted by molar-refractivity contribution is 5.98. The van der Waals surface area contributed by atoms with Crippen LogP contribution in [0.3, 0.4) is 0 Å². The number of benzene rings is 1. The lowest BCUT2D eigenvalue weighted by atomic mass is 9.92. The van der Waals surface area contributed by atoms with Crippen molar-refractivity contribution in [3.63, 3.8) is 0 Å². The maximum Gasteiger partial charge on any atom is 0.328 e. The van der Waals surface area contributed by atoms with Gasteiger partial charge in [-0.2, -0.15) is 0 Å². The Hall–Kier alpha value is -3.49. The van der Waals surface area contributed by atoms with Crippen molar-refractivity contribution in [2.75, 3.05) is 7.11 Å². The Labute approximate surface area is 198 Å². The van der Waals surface area contributed by atoms with Gasteiger partial charge in [0.05, 0.1) is 13.0 Å². The summed E-state index contributed by atoms with van der Waals surface area (Å²) in [6, 6.07) is 4.89. The molecular formula is C25H31FN2O6. The second-order valence-corrected chi connectivity index (χ2v) is 8.39. The van der Waals surface area contributed by atoms with Crippen LogP contribution < -0.4 is 14.8 Å². The number of hydrogen-bond acceptors (Lipinski definition) is 7. The van der Waals surface area contributed by atoms with Gasteiger partial charge in [0.1, 0.15) is 18.0 Å². The summed E-state index contributed by atoms with van der Waals surface area (Å²) < 4.78 is 29.5. The first kappa shape index (κ1) is 26.8. The number of nitrogens with zero attached hydrogens (tertiary/aromatic N) is 1. The second-order valence-electron chi connectivity index (χ2n) is 8.39. The number of amides is 1. The fraction of sp³-hybridized carbons (Fsp3) is 0.440. The molecule has 9 heteroatoms. The normalized spacial score (nSPS) is 13.6. The molecule has 1 aromatic heterocycles. The van der Waals surface area contributed by atoms with Crippen molar-refractivity contribution < 1.29 is 33.0 Å². The highest BCUT2D eigenvalue weighted by atomic mass is 19.1. The number of aromatic nitrogens is 1. The van der Waals surface area contributed by atoms with E-state index >= 15 is 0 Å². The number of methoxy groups -OCH3 is 1. The molecule has 1 heterocycles. The second kappa shape index (κ2) is 11.6. The van der Waals surface area contributed by atoms with E-state index in [0.717, 1.165) is 11.1 Å². The van der Waals surface area contributed by atoms with Crippen LogP contribution in [0, 0.1) is 18.7 Å². The number of nitrogens with one attached hydrogen (secondary N) is 1. The van der Waals surface area contributed by atoms with E-state index in [2.05, 4.69) is 10.3 Å². The molecule has 0 aliphatic heterocycles. The van der Waals surface area contributed by atoms with Crippen molar-refractivity contribution >= 4 is 17.8 Å². The van der Waals surface area contributed by atoms with Crippen LogP contribution in [0.15, 0.2) is 30.5 Å². The smallest absolute Gasteiger partial charge is 0.328 e. The van der Waals surface area contributed by atoms with Gasteiger partial charge >= 0.3 is 11.9 Å². The number of aryl methyl sites for hydroxylation is 1. The summed E-state index contributed by atoms with van der Waals surface area (Å²) in [5.41, 5.74) is 1.41. The highest BCUT2D eigenvalue weighted by Crippen LogP contribution is 2.30. The first-order chi connectivity index (χ1) is 16.0. The molecule has 0 aliphatic rings. The monoisotopic (exact) mass is 474 g/mol. The van der Waals surface area contributed by atoms with Crippen molar-refractivity contribution in [3.8, 4) is 11.5 Å². The van der Waals surface area contributed by atoms with Crippen LogP contribution >= 0.6 is 0 Å². The van der Waals surface area contributed by atoms with Crippen molar-refractivity contribution in [1.29, 1.82) is 0 Å².